The number of rotatable bonds is 7. The number of nitrogens with two attached hydrogens (primary N) is 1. The predicted octanol–water partition coefficient (Wildman–Crippen LogP) is 3.43. The molecule has 9 nitrogen and oxygen atoms in total. The summed E-state index contributed by atoms with van der Waals surface area (Å²) >= 11 is 0. The number of aliphatic hydroxyl groups is 1. The normalized spacial score (nSPS) is 16.6. The van der Waals surface area contributed by atoms with Crippen molar-refractivity contribution in [3.05, 3.63) is 89.7 Å². The number of hydrogen-bond acceptors (Lipinski definition) is 5. The molecule has 4 aromatic rings. The molecule has 2 aromatic carbocycles. The van der Waals surface area contributed by atoms with Crippen molar-refractivity contribution in [3.8, 4) is 0 Å². The molecule has 5 rings (SSSR count). The average molecular weight is 510 g/mol. The standard InChI is InChI=1S/C29H27N5O4/c1-17(18-7-9-21(10-8-18)34-14-12-24(35)29(34)38)28(37)33-23-11-13-31-27-25(23)20(16-32-27)15-22(26(30)36)19-5-3-2-4-6-19/h2-11,13,15-17,24,35H,12,14H2,1H3,(H2,30,36)(H2,31,32,33,37). The van der Waals surface area contributed by atoms with E-state index in [4.69, 9.17) is 5.73 Å². The van der Waals surface area contributed by atoms with Gasteiger partial charge in [0.05, 0.1) is 11.6 Å². The summed E-state index contributed by atoms with van der Waals surface area (Å²) in [6.07, 6.45) is 4.44. The van der Waals surface area contributed by atoms with Gasteiger partial charge in [0.25, 0.3) is 5.91 Å². The number of amides is 3. The first-order valence-corrected chi connectivity index (χ1v) is 12.3. The van der Waals surface area contributed by atoms with E-state index in [0.717, 1.165) is 5.56 Å². The largest absolute Gasteiger partial charge is 0.383 e. The van der Waals surface area contributed by atoms with Crippen molar-refractivity contribution in [3.63, 3.8) is 0 Å². The number of carbonyl (C=O) groups is 3. The molecule has 1 saturated heterocycles. The maximum atomic E-state index is 13.2. The fourth-order valence-corrected chi connectivity index (χ4v) is 4.63. The SMILES string of the molecule is CC(C(=O)Nc1ccnc2[nH]cc(C=C(C(N)=O)c3ccccc3)c12)c1ccc(N2CCC(O)C2=O)cc1. The number of aromatic nitrogens is 2. The van der Waals surface area contributed by atoms with E-state index in [1.807, 2.05) is 30.3 Å². The van der Waals surface area contributed by atoms with Crippen molar-refractivity contribution in [2.24, 2.45) is 5.73 Å². The Balaban J connectivity index is 1.40. The van der Waals surface area contributed by atoms with Crippen LogP contribution in [0.5, 0.6) is 0 Å². The van der Waals surface area contributed by atoms with Crippen molar-refractivity contribution >= 4 is 51.8 Å². The van der Waals surface area contributed by atoms with Crippen LogP contribution in [0.3, 0.4) is 0 Å². The van der Waals surface area contributed by atoms with Crippen molar-refractivity contribution in [1.29, 1.82) is 0 Å². The summed E-state index contributed by atoms with van der Waals surface area (Å²) in [5, 5.41) is 13.4. The summed E-state index contributed by atoms with van der Waals surface area (Å²) < 4.78 is 0. The molecule has 0 spiro atoms. The van der Waals surface area contributed by atoms with Crippen LogP contribution in [0, 0.1) is 0 Å². The Kier molecular flexibility index (Phi) is 6.76. The lowest BCUT2D eigenvalue weighted by Crippen LogP contribution is -2.29. The Bertz CT molecular complexity index is 1540. The number of H-pyrrole nitrogens is 1. The average Bonchev–Trinajstić information content (AvgIpc) is 3.50. The summed E-state index contributed by atoms with van der Waals surface area (Å²) in [7, 11) is 0. The molecule has 0 radical (unpaired) electrons. The molecule has 192 valence electrons. The summed E-state index contributed by atoms with van der Waals surface area (Å²) in [5.74, 6) is -1.60. The van der Waals surface area contributed by atoms with Crippen molar-refractivity contribution in [1.82, 2.24) is 9.97 Å². The highest BCUT2D eigenvalue weighted by Crippen LogP contribution is 2.30. The van der Waals surface area contributed by atoms with E-state index in [2.05, 4.69) is 15.3 Å². The number of pyridine rings is 1. The molecule has 1 aliphatic heterocycles. The second-order valence-electron chi connectivity index (χ2n) is 9.21. The molecule has 38 heavy (non-hydrogen) atoms. The molecule has 0 bridgehead atoms. The lowest BCUT2D eigenvalue weighted by atomic mass is 9.99. The Hall–Kier alpha value is -4.76. The van der Waals surface area contributed by atoms with Gasteiger partial charge >= 0.3 is 0 Å². The minimum Gasteiger partial charge on any atom is -0.383 e. The first-order chi connectivity index (χ1) is 18.3. The van der Waals surface area contributed by atoms with E-state index in [1.54, 1.807) is 60.6 Å². The van der Waals surface area contributed by atoms with Gasteiger partial charge in [-0.1, -0.05) is 42.5 Å². The number of nitrogens with zero attached hydrogens (tertiary/aromatic N) is 2. The summed E-state index contributed by atoms with van der Waals surface area (Å²) in [4.78, 5) is 46.6. The van der Waals surface area contributed by atoms with E-state index >= 15 is 0 Å². The van der Waals surface area contributed by atoms with Gasteiger partial charge in [0, 0.05) is 47.6 Å². The maximum Gasteiger partial charge on any atom is 0.255 e. The summed E-state index contributed by atoms with van der Waals surface area (Å²) in [6, 6.07) is 18.0. The van der Waals surface area contributed by atoms with Gasteiger partial charge in [-0.05, 0) is 42.3 Å². The molecule has 9 heteroatoms. The maximum absolute atomic E-state index is 13.2. The van der Waals surface area contributed by atoms with Gasteiger partial charge in [-0.15, -0.1) is 0 Å². The molecule has 3 amide bonds. The quantitative estimate of drug-likeness (QED) is 0.283. The smallest absolute Gasteiger partial charge is 0.255 e. The fourth-order valence-electron chi connectivity index (χ4n) is 4.63. The monoisotopic (exact) mass is 509 g/mol. The van der Waals surface area contributed by atoms with Crippen molar-refractivity contribution in [2.45, 2.75) is 25.4 Å². The van der Waals surface area contributed by atoms with Gasteiger partial charge in [0.15, 0.2) is 0 Å². The van der Waals surface area contributed by atoms with Gasteiger partial charge in [0.2, 0.25) is 11.8 Å². The molecule has 0 saturated carbocycles. The zero-order chi connectivity index (χ0) is 26.8. The van der Waals surface area contributed by atoms with Crippen LogP contribution < -0.4 is 16.0 Å². The predicted molar refractivity (Wildman–Crippen MR) is 146 cm³/mol. The Morgan fingerprint density at radius 2 is 1.89 bits per heavy atom. The van der Waals surface area contributed by atoms with E-state index in [1.165, 1.54) is 0 Å². The molecule has 3 heterocycles. The number of carbonyl (C=O) groups excluding carboxylic acids is 3. The van der Waals surface area contributed by atoms with Crippen LogP contribution in [0.4, 0.5) is 11.4 Å². The third-order valence-electron chi connectivity index (χ3n) is 6.79. The van der Waals surface area contributed by atoms with Gasteiger partial charge in [-0.25, -0.2) is 4.98 Å². The molecule has 5 N–H and O–H groups in total. The fraction of sp³-hybridized carbons (Fsp3) is 0.172. The van der Waals surface area contributed by atoms with Crippen LogP contribution in [0.1, 0.15) is 36.0 Å². The van der Waals surface area contributed by atoms with E-state index in [-0.39, 0.29) is 11.8 Å². The third-order valence-corrected chi connectivity index (χ3v) is 6.79. The van der Waals surface area contributed by atoms with Gasteiger partial charge in [0.1, 0.15) is 11.8 Å². The minimum atomic E-state index is -0.962. The number of aliphatic hydroxyl groups excluding tert-OH is 1. The Morgan fingerprint density at radius 1 is 1.16 bits per heavy atom. The second kappa shape index (κ2) is 10.3. The first-order valence-electron chi connectivity index (χ1n) is 12.3. The van der Waals surface area contributed by atoms with Crippen LogP contribution in [-0.2, 0) is 14.4 Å². The highest BCUT2D eigenvalue weighted by atomic mass is 16.3. The number of nitrogens with one attached hydrogen (secondary N) is 2. The molecule has 2 aromatic heterocycles. The van der Waals surface area contributed by atoms with E-state index in [0.29, 0.717) is 52.1 Å². The molecular formula is C29H27N5O4. The second-order valence-corrected chi connectivity index (χ2v) is 9.21. The van der Waals surface area contributed by atoms with Gasteiger partial charge in [-0.3, -0.25) is 14.4 Å². The molecule has 1 fully saturated rings. The molecule has 0 aliphatic carbocycles. The highest BCUT2D eigenvalue weighted by Gasteiger charge is 2.30. The number of aromatic amines is 1. The van der Waals surface area contributed by atoms with Crippen LogP contribution in [0.25, 0.3) is 22.7 Å². The minimum absolute atomic E-state index is 0.229. The lowest BCUT2D eigenvalue weighted by molar-refractivity contribution is -0.124. The number of anilines is 2. The Labute approximate surface area is 219 Å². The highest BCUT2D eigenvalue weighted by molar-refractivity contribution is 6.24. The van der Waals surface area contributed by atoms with Gasteiger partial charge in [-0.2, -0.15) is 0 Å². The topological polar surface area (TPSA) is 141 Å². The number of benzene rings is 2. The molecule has 2 unspecified atom stereocenters. The molecule has 1 aliphatic rings. The summed E-state index contributed by atoms with van der Waals surface area (Å²) in [6.45, 7) is 2.26. The van der Waals surface area contributed by atoms with Crippen LogP contribution in [0.15, 0.2) is 73.1 Å². The lowest BCUT2D eigenvalue weighted by Gasteiger charge is -2.18. The van der Waals surface area contributed by atoms with Crippen molar-refractivity contribution < 1.29 is 19.5 Å². The first kappa shape index (κ1) is 24.9. The molecular weight excluding hydrogens is 482 g/mol. The van der Waals surface area contributed by atoms with E-state index < -0.39 is 17.9 Å². The zero-order valence-corrected chi connectivity index (χ0v) is 20.7. The number of fused-ring (bicyclic) bond motifs is 1. The van der Waals surface area contributed by atoms with Crippen LogP contribution in [0.2, 0.25) is 0 Å². The number of hydrogen-bond donors (Lipinski definition) is 4. The third kappa shape index (κ3) is 4.79. The van der Waals surface area contributed by atoms with Crippen LogP contribution >= 0.6 is 0 Å². The zero-order valence-electron chi connectivity index (χ0n) is 20.7. The van der Waals surface area contributed by atoms with E-state index in [9.17, 15) is 19.5 Å². The Morgan fingerprint density at radius 3 is 2.55 bits per heavy atom. The van der Waals surface area contributed by atoms with Gasteiger partial charge < -0.3 is 26.0 Å². The van der Waals surface area contributed by atoms with Crippen molar-refractivity contribution in [2.75, 3.05) is 16.8 Å². The summed E-state index contributed by atoms with van der Waals surface area (Å²) in [5.41, 5.74) is 9.93. The molecule has 2 atom stereocenters. The number of primary amides is 1. The van der Waals surface area contributed by atoms with Crippen LogP contribution in [-0.4, -0.2) is 45.4 Å².